The van der Waals surface area contributed by atoms with Crippen LogP contribution in [0.5, 0.6) is 5.75 Å². The van der Waals surface area contributed by atoms with E-state index in [1.165, 1.54) is 0 Å². The van der Waals surface area contributed by atoms with Crippen LogP contribution in [0.15, 0.2) is 12.1 Å². The molecule has 0 amide bonds. The van der Waals surface area contributed by atoms with Gasteiger partial charge in [0.2, 0.25) is 0 Å². The highest BCUT2D eigenvalue weighted by Gasteiger charge is 2.42. The van der Waals surface area contributed by atoms with E-state index in [9.17, 15) is 4.79 Å². The number of halogens is 1. The van der Waals surface area contributed by atoms with E-state index in [1.54, 1.807) is 0 Å². The van der Waals surface area contributed by atoms with Crippen LogP contribution >= 0.6 is 11.6 Å². The van der Waals surface area contributed by atoms with E-state index in [4.69, 9.17) is 21.1 Å². The Kier molecular flexibility index (Phi) is 3.93. The first-order valence-electron chi connectivity index (χ1n) is 6.10. The minimum atomic E-state index is -0.411. The van der Waals surface area contributed by atoms with Crippen molar-refractivity contribution in [3.63, 3.8) is 0 Å². The molecule has 0 spiro atoms. The molecule has 0 N–H and O–H groups in total. The number of carbonyl (C=O) groups is 1. The van der Waals surface area contributed by atoms with Crippen molar-refractivity contribution in [2.24, 2.45) is 0 Å². The van der Waals surface area contributed by atoms with Gasteiger partial charge in [0, 0.05) is 18.1 Å². The third-order valence-corrected chi connectivity index (χ3v) is 3.70. The zero-order valence-electron chi connectivity index (χ0n) is 10.8. The topological polar surface area (TPSA) is 35.5 Å². The van der Waals surface area contributed by atoms with Gasteiger partial charge in [0.05, 0.1) is 0 Å². The summed E-state index contributed by atoms with van der Waals surface area (Å²) in [5, 5.41) is 0.758. The molecule has 0 radical (unpaired) electrons. The summed E-state index contributed by atoms with van der Waals surface area (Å²) in [6.07, 6.45) is -0.158. The normalized spacial score (nSPS) is 22.8. The average molecular weight is 269 g/mol. The number of rotatable bonds is 4. The summed E-state index contributed by atoms with van der Waals surface area (Å²) in [5.41, 5.74) is 1.95. The lowest BCUT2D eigenvalue weighted by molar-refractivity contribution is -0.154. The van der Waals surface area contributed by atoms with Crippen molar-refractivity contribution >= 4 is 17.4 Å². The highest BCUT2D eigenvalue weighted by Crippen LogP contribution is 2.30. The number of ether oxygens (including phenoxy) is 2. The van der Waals surface area contributed by atoms with Crippen LogP contribution < -0.4 is 4.74 Å². The maximum atomic E-state index is 11.4. The second-order valence-electron chi connectivity index (χ2n) is 4.57. The summed E-state index contributed by atoms with van der Waals surface area (Å²) >= 11 is 6.10. The molecule has 1 saturated carbocycles. The Morgan fingerprint density at radius 3 is 2.44 bits per heavy atom. The third kappa shape index (κ3) is 2.52. The molecule has 4 heteroatoms. The van der Waals surface area contributed by atoms with Crippen LogP contribution in [0.2, 0.25) is 5.02 Å². The number of benzene rings is 1. The van der Waals surface area contributed by atoms with Crippen LogP contribution in [-0.2, 0) is 9.53 Å². The van der Waals surface area contributed by atoms with Gasteiger partial charge in [0.25, 0.3) is 0 Å². The smallest absolute Gasteiger partial charge is 0.169 e. The molecule has 2 rings (SSSR count). The van der Waals surface area contributed by atoms with Gasteiger partial charge in [-0.1, -0.05) is 11.6 Å². The summed E-state index contributed by atoms with van der Waals surface area (Å²) in [7, 11) is 0. The largest absolute Gasteiger partial charge is 0.487 e. The van der Waals surface area contributed by atoms with Crippen molar-refractivity contribution in [2.75, 3.05) is 6.61 Å². The van der Waals surface area contributed by atoms with Crippen molar-refractivity contribution < 1.29 is 14.3 Å². The Bertz CT molecular complexity index is 447. The second kappa shape index (κ2) is 5.29. The van der Waals surface area contributed by atoms with E-state index in [-0.39, 0.29) is 11.9 Å². The Hall–Kier alpha value is -1.06. The van der Waals surface area contributed by atoms with Crippen LogP contribution in [0.3, 0.4) is 0 Å². The van der Waals surface area contributed by atoms with Crippen LogP contribution in [0.4, 0.5) is 0 Å². The molecule has 1 fully saturated rings. The molecular formula is C14H17ClO3. The lowest BCUT2D eigenvalue weighted by atomic mass is 9.90. The van der Waals surface area contributed by atoms with E-state index >= 15 is 0 Å². The highest BCUT2D eigenvalue weighted by molar-refractivity contribution is 6.32. The van der Waals surface area contributed by atoms with E-state index < -0.39 is 6.10 Å². The van der Waals surface area contributed by atoms with E-state index in [1.807, 2.05) is 32.9 Å². The molecule has 2 atom stereocenters. The number of ketones is 1. The Morgan fingerprint density at radius 1 is 1.33 bits per heavy atom. The zero-order chi connectivity index (χ0) is 13.3. The van der Waals surface area contributed by atoms with Gasteiger partial charge >= 0.3 is 0 Å². The molecule has 1 aliphatic carbocycles. The number of carbonyl (C=O) groups excluding carboxylic acids is 1. The molecule has 0 aliphatic heterocycles. The van der Waals surface area contributed by atoms with Crippen LogP contribution in [0.25, 0.3) is 0 Å². The van der Waals surface area contributed by atoms with E-state index in [2.05, 4.69) is 0 Å². The molecule has 0 bridgehead atoms. The molecule has 18 heavy (non-hydrogen) atoms. The zero-order valence-corrected chi connectivity index (χ0v) is 11.6. The Balaban J connectivity index is 2.08. The summed E-state index contributed by atoms with van der Waals surface area (Å²) in [5.74, 6) is 0.862. The van der Waals surface area contributed by atoms with Crippen molar-refractivity contribution in [1.29, 1.82) is 0 Å². The first kappa shape index (κ1) is 13.4. The molecule has 2 unspecified atom stereocenters. The summed E-state index contributed by atoms with van der Waals surface area (Å²) in [4.78, 5) is 11.4. The second-order valence-corrected chi connectivity index (χ2v) is 4.95. The number of hydrogen-bond donors (Lipinski definition) is 0. The van der Waals surface area contributed by atoms with Gasteiger partial charge in [-0.2, -0.15) is 0 Å². The van der Waals surface area contributed by atoms with Gasteiger partial charge in [-0.15, -0.1) is 0 Å². The van der Waals surface area contributed by atoms with Gasteiger partial charge in [0.1, 0.15) is 11.9 Å². The summed E-state index contributed by atoms with van der Waals surface area (Å²) in [6.45, 7) is 6.27. The maximum absolute atomic E-state index is 11.4. The fraction of sp³-hybridized carbons (Fsp3) is 0.500. The van der Waals surface area contributed by atoms with Crippen molar-refractivity contribution in [3.8, 4) is 5.75 Å². The third-order valence-electron chi connectivity index (χ3n) is 3.10. The summed E-state index contributed by atoms with van der Waals surface area (Å²) < 4.78 is 11.2. The lowest BCUT2D eigenvalue weighted by Crippen LogP contribution is -2.52. The van der Waals surface area contributed by atoms with E-state index in [0.717, 1.165) is 21.9 Å². The monoisotopic (exact) mass is 268 g/mol. The molecule has 98 valence electrons. The molecule has 1 aromatic rings. The predicted molar refractivity (Wildman–Crippen MR) is 70.4 cm³/mol. The maximum Gasteiger partial charge on any atom is 0.169 e. The van der Waals surface area contributed by atoms with Crippen LogP contribution in [0.1, 0.15) is 24.5 Å². The molecular weight excluding hydrogens is 252 g/mol. The lowest BCUT2D eigenvalue weighted by Gasteiger charge is -2.34. The molecule has 1 aromatic carbocycles. The van der Waals surface area contributed by atoms with Crippen molar-refractivity contribution in [3.05, 3.63) is 28.3 Å². The van der Waals surface area contributed by atoms with Gasteiger partial charge in [-0.05, 0) is 44.0 Å². The first-order chi connectivity index (χ1) is 8.52. The van der Waals surface area contributed by atoms with Crippen molar-refractivity contribution in [2.45, 2.75) is 39.4 Å². The number of Topliss-reactive ketones (excluding diaryl/α,β-unsaturated/α-hetero) is 1. The van der Waals surface area contributed by atoms with Crippen molar-refractivity contribution in [1.82, 2.24) is 0 Å². The average Bonchev–Trinajstić information content (AvgIpc) is 2.32. The Labute approximate surface area is 112 Å². The molecule has 0 aromatic heterocycles. The van der Waals surface area contributed by atoms with Gasteiger partial charge in [-0.25, -0.2) is 0 Å². The van der Waals surface area contributed by atoms with E-state index in [0.29, 0.717) is 13.0 Å². The van der Waals surface area contributed by atoms with Crippen LogP contribution in [0, 0.1) is 13.8 Å². The molecule has 3 nitrogen and oxygen atoms in total. The standard InChI is InChI=1S/C14H17ClO3/c1-4-17-14-11(16)7-12(14)18-10-5-8(2)13(15)9(3)6-10/h5-6,12,14H,4,7H2,1-3H3. The van der Waals surface area contributed by atoms with Gasteiger partial charge in [0.15, 0.2) is 11.9 Å². The SMILES string of the molecule is CCOC1C(=O)CC1Oc1cc(C)c(Cl)c(C)c1. The molecule has 0 saturated heterocycles. The molecule has 0 heterocycles. The number of aryl methyl sites for hydroxylation is 2. The fourth-order valence-electron chi connectivity index (χ4n) is 2.10. The minimum absolute atomic E-state index is 0.115. The Morgan fingerprint density at radius 2 is 1.94 bits per heavy atom. The van der Waals surface area contributed by atoms with Gasteiger partial charge in [-0.3, -0.25) is 4.79 Å². The fourth-order valence-corrected chi connectivity index (χ4v) is 2.21. The molecule has 1 aliphatic rings. The minimum Gasteiger partial charge on any atom is -0.487 e. The summed E-state index contributed by atoms with van der Waals surface area (Å²) in [6, 6.07) is 3.78. The first-order valence-corrected chi connectivity index (χ1v) is 6.48. The van der Waals surface area contributed by atoms with Gasteiger partial charge < -0.3 is 9.47 Å². The predicted octanol–water partition coefficient (Wildman–Crippen LogP) is 3.08. The highest BCUT2D eigenvalue weighted by atomic mass is 35.5. The number of hydrogen-bond acceptors (Lipinski definition) is 3. The quantitative estimate of drug-likeness (QED) is 0.842. The van der Waals surface area contributed by atoms with Crippen LogP contribution in [-0.4, -0.2) is 24.6 Å².